The first-order valence-electron chi connectivity index (χ1n) is 10.4. The van der Waals surface area contributed by atoms with E-state index in [1.54, 1.807) is 55.1 Å². The van der Waals surface area contributed by atoms with Gasteiger partial charge < -0.3 is 19.3 Å². The van der Waals surface area contributed by atoms with E-state index < -0.39 is 11.0 Å². The summed E-state index contributed by atoms with van der Waals surface area (Å²) in [5, 5.41) is 11.0. The third kappa shape index (κ3) is 5.16. The summed E-state index contributed by atoms with van der Waals surface area (Å²) in [4.78, 5) is 39.7. The zero-order chi connectivity index (χ0) is 23.3. The molecule has 1 atom stereocenters. The van der Waals surface area contributed by atoms with Crippen LogP contribution in [0.25, 0.3) is 0 Å². The second-order valence-electron chi connectivity index (χ2n) is 7.70. The molecule has 32 heavy (non-hydrogen) atoms. The Hall–Kier alpha value is -3.62. The molecule has 2 aromatic rings. The molecular weight excluding hydrogens is 414 g/mol. The zero-order valence-corrected chi connectivity index (χ0v) is 18.4. The first kappa shape index (κ1) is 23.1. The third-order valence-corrected chi connectivity index (χ3v) is 5.57. The van der Waals surface area contributed by atoms with E-state index in [4.69, 9.17) is 9.47 Å². The predicted molar refractivity (Wildman–Crippen MR) is 118 cm³/mol. The number of aryl methyl sites for hydroxylation is 1. The van der Waals surface area contributed by atoms with Gasteiger partial charge in [0.25, 0.3) is 11.6 Å². The van der Waals surface area contributed by atoms with Crippen molar-refractivity contribution >= 4 is 17.5 Å². The van der Waals surface area contributed by atoms with Gasteiger partial charge in [0.1, 0.15) is 24.1 Å². The minimum atomic E-state index is -0.552. The summed E-state index contributed by atoms with van der Waals surface area (Å²) < 4.78 is 10.8. The standard InChI is InChI=1S/C23H27N3O6/c1-16-15-17(6-11-20(16)26(29)30)22(27)25-12-4-5-21(25)23(28)24(2)13-14-32-19-9-7-18(31-3)8-10-19/h6-11,15,21H,4-5,12-14H2,1-3H3. The van der Waals surface area contributed by atoms with Crippen molar-refractivity contribution in [3.8, 4) is 11.5 Å². The summed E-state index contributed by atoms with van der Waals surface area (Å²) in [7, 11) is 3.28. The molecule has 1 aliphatic heterocycles. The number of hydrogen-bond acceptors (Lipinski definition) is 6. The molecule has 0 spiro atoms. The van der Waals surface area contributed by atoms with Crippen molar-refractivity contribution in [2.45, 2.75) is 25.8 Å². The Kier molecular flexibility index (Phi) is 7.29. The van der Waals surface area contributed by atoms with Gasteiger partial charge in [-0.3, -0.25) is 19.7 Å². The molecule has 1 saturated heterocycles. The van der Waals surface area contributed by atoms with Gasteiger partial charge in [-0.15, -0.1) is 0 Å². The number of benzene rings is 2. The fourth-order valence-electron chi connectivity index (χ4n) is 3.76. The minimum absolute atomic E-state index is 0.0350. The lowest BCUT2D eigenvalue weighted by atomic mass is 10.1. The van der Waals surface area contributed by atoms with Crippen LogP contribution in [0.4, 0.5) is 5.69 Å². The van der Waals surface area contributed by atoms with Crippen molar-refractivity contribution in [2.24, 2.45) is 0 Å². The first-order valence-corrected chi connectivity index (χ1v) is 10.4. The lowest BCUT2D eigenvalue weighted by Crippen LogP contribution is -2.47. The fourth-order valence-corrected chi connectivity index (χ4v) is 3.76. The Labute approximate surface area is 186 Å². The summed E-state index contributed by atoms with van der Waals surface area (Å²) in [5.41, 5.74) is 0.723. The Bertz CT molecular complexity index is 992. The number of ether oxygens (including phenoxy) is 2. The molecule has 1 aliphatic rings. The number of amides is 2. The number of methoxy groups -OCH3 is 1. The molecule has 0 saturated carbocycles. The molecular formula is C23H27N3O6. The number of hydrogen-bond donors (Lipinski definition) is 0. The number of nitro groups is 1. The monoisotopic (exact) mass is 441 g/mol. The molecule has 3 rings (SSSR count). The van der Waals surface area contributed by atoms with E-state index in [9.17, 15) is 19.7 Å². The average Bonchev–Trinajstić information content (AvgIpc) is 3.28. The van der Waals surface area contributed by atoms with E-state index in [-0.39, 0.29) is 17.5 Å². The normalized spacial score (nSPS) is 15.3. The number of likely N-dealkylation sites (N-methyl/N-ethyl adjacent to an activating group) is 1. The fraction of sp³-hybridized carbons (Fsp3) is 0.391. The molecule has 0 aliphatic carbocycles. The molecule has 9 nitrogen and oxygen atoms in total. The largest absolute Gasteiger partial charge is 0.497 e. The third-order valence-electron chi connectivity index (χ3n) is 5.57. The van der Waals surface area contributed by atoms with Crippen molar-refractivity contribution in [3.05, 3.63) is 63.7 Å². The lowest BCUT2D eigenvalue weighted by Gasteiger charge is -2.28. The summed E-state index contributed by atoms with van der Waals surface area (Å²) in [6, 6.07) is 10.9. The number of nitrogens with zero attached hydrogens (tertiary/aromatic N) is 3. The van der Waals surface area contributed by atoms with Crippen LogP contribution < -0.4 is 9.47 Å². The highest BCUT2D eigenvalue weighted by Gasteiger charge is 2.36. The van der Waals surface area contributed by atoms with Crippen LogP contribution in [0.5, 0.6) is 11.5 Å². The van der Waals surface area contributed by atoms with Crippen molar-refractivity contribution in [1.29, 1.82) is 0 Å². The molecule has 170 valence electrons. The van der Waals surface area contributed by atoms with Gasteiger partial charge in [0.05, 0.1) is 18.6 Å². The van der Waals surface area contributed by atoms with Crippen LogP contribution in [0, 0.1) is 17.0 Å². The van der Waals surface area contributed by atoms with Crippen LogP contribution in [0.2, 0.25) is 0 Å². The Morgan fingerprint density at radius 1 is 1.19 bits per heavy atom. The van der Waals surface area contributed by atoms with Crippen LogP contribution in [0.15, 0.2) is 42.5 Å². The SMILES string of the molecule is COc1ccc(OCCN(C)C(=O)C2CCCN2C(=O)c2ccc([N+](=O)[O-])c(C)c2)cc1. The maximum atomic E-state index is 13.0. The molecule has 0 bridgehead atoms. The smallest absolute Gasteiger partial charge is 0.272 e. The number of rotatable bonds is 8. The molecule has 0 radical (unpaired) electrons. The zero-order valence-electron chi connectivity index (χ0n) is 18.4. The summed E-state index contributed by atoms with van der Waals surface area (Å²) >= 11 is 0. The molecule has 0 N–H and O–H groups in total. The second-order valence-corrected chi connectivity index (χ2v) is 7.70. The van der Waals surface area contributed by atoms with Crippen molar-refractivity contribution < 1.29 is 24.0 Å². The average molecular weight is 441 g/mol. The van der Waals surface area contributed by atoms with E-state index in [0.29, 0.717) is 43.0 Å². The van der Waals surface area contributed by atoms with Gasteiger partial charge in [0.2, 0.25) is 5.91 Å². The Morgan fingerprint density at radius 2 is 1.88 bits per heavy atom. The topological polar surface area (TPSA) is 102 Å². The lowest BCUT2D eigenvalue weighted by molar-refractivity contribution is -0.385. The molecule has 1 unspecified atom stereocenters. The van der Waals surface area contributed by atoms with Gasteiger partial charge in [-0.25, -0.2) is 0 Å². The minimum Gasteiger partial charge on any atom is -0.497 e. The highest BCUT2D eigenvalue weighted by atomic mass is 16.6. The van der Waals surface area contributed by atoms with E-state index in [1.807, 2.05) is 0 Å². The predicted octanol–water partition coefficient (Wildman–Crippen LogP) is 3.05. The Morgan fingerprint density at radius 3 is 2.50 bits per heavy atom. The highest BCUT2D eigenvalue weighted by molar-refractivity contribution is 5.98. The molecule has 1 heterocycles. The van der Waals surface area contributed by atoms with Crippen LogP contribution in [-0.4, -0.2) is 66.4 Å². The Balaban J connectivity index is 1.59. The summed E-state index contributed by atoms with van der Waals surface area (Å²) in [6.07, 6.45) is 1.31. The number of nitro benzene ring substituents is 1. The number of carbonyl (C=O) groups excluding carboxylic acids is 2. The van der Waals surface area contributed by atoms with Crippen LogP contribution >= 0.6 is 0 Å². The quantitative estimate of drug-likeness (QED) is 0.461. The molecule has 2 aromatic carbocycles. The van der Waals surface area contributed by atoms with E-state index in [1.165, 1.54) is 18.2 Å². The highest BCUT2D eigenvalue weighted by Crippen LogP contribution is 2.25. The van der Waals surface area contributed by atoms with E-state index >= 15 is 0 Å². The summed E-state index contributed by atoms with van der Waals surface area (Å²) in [5.74, 6) is 0.978. The van der Waals surface area contributed by atoms with Crippen LogP contribution in [0.3, 0.4) is 0 Å². The maximum Gasteiger partial charge on any atom is 0.272 e. The van der Waals surface area contributed by atoms with Gasteiger partial charge in [0, 0.05) is 30.8 Å². The van der Waals surface area contributed by atoms with Crippen molar-refractivity contribution in [2.75, 3.05) is 33.9 Å². The molecule has 0 aromatic heterocycles. The van der Waals surface area contributed by atoms with Gasteiger partial charge in [0.15, 0.2) is 0 Å². The van der Waals surface area contributed by atoms with Gasteiger partial charge in [-0.1, -0.05) is 0 Å². The molecule has 2 amide bonds. The molecule has 9 heteroatoms. The van der Waals surface area contributed by atoms with E-state index in [2.05, 4.69) is 0 Å². The van der Waals surface area contributed by atoms with Gasteiger partial charge in [-0.05, 0) is 56.2 Å². The summed E-state index contributed by atoms with van der Waals surface area (Å²) in [6.45, 7) is 2.76. The first-order chi connectivity index (χ1) is 15.3. The number of carbonyl (C=O) groups is 2. The van der Waals surface area contributed by atoms with Crippen LogP contribution in [0.1, 0.15) is 28.8 Å². The van der Waals surface area contributed by atoms with Crippen LogP contribution in [-0.2, 0) is 4.79 Å². The van der Waals surface area contributed by atoms with Gasteiger partial charge in [-0.2, -0.15) is 0 Å². The van der Waals surface area contributed by atoms with Gasteiger partial charge >= 0.3 is 0 Å². The molecule has 1 fully saturated rings. The van der Waals surface area contributed by atoms with Crippen molar-refractivity contribution in [3.63, 3.8) is 0 Å². The number of likely N-dealkylation sites (tertiary alicyclic amines) is 1. The van der Waals surface area contributed by atoms with E-state index in [0.717, 1.165) is 12.2 Å². The van der Waals surface area contributed by atoms with Crippen molar-refractivity contribution in [1.82, 2.24) is 9.80 Å². The maximum absolute atomic E-state index is 13.0. The second kappa shape index (κ2) is 10.1.